The van der Waals surface area contributed by atoms with Crippen LogP contribution in [0, 0.1) is 0 Å². The molecular weight excluding hydrogens is 524 g/mol. The van der Waals surface area contributed by atoms with Crippen LogP contribution in [-0.2, 0) is 6.54 Å². The van der Waals surface area contributed by atoms with Gasteiger partial charge in [-0.3, -0.25) is 4.90 Å². The first-order valence-electron chi connectivity index (χ1n) is 15.6. The minimum absolute atomic E-state index is 0.854. The summed E-state index contributed by atoms with van der Waals surface area (Å²) < 4.78 is 4.86. The first-order chi connectivity index (χ1) is 21.2. The third kappa shape index (κ3) is 5.30. The van der Waals surface area contributed by atoms with Crippen LogP contribution in [0.4, 0.5) is 17.1 Å². The molecule has 2 heterocycles. The fourth-order valence-electron chi connectivity index (χ4n) is 6.10. The maximum atomic E-state index is 2.45. The molecule has 0 amide bonds. The number of hydrogen-bond acceptors (Lipinski definition) is 2. The average Bonchev–Trinajstić information content (AvgIpc) is 3.53. The van der Waals surface area contributed by atoms with Crippen LogP contribution in [0.1, 0.15) is 57.5 Å². The van der Waals surface area contributed by atoms with Crippen molar-refractivity contribution in [1.29, 1.82) is 0 Å². The highest BCUT2D eigenvalue weighted by Crippen LogP contribution is 2.47. The molecule has 0 N–H and O–H groups in total. The second kappa shape index (κ2) is 12.6. The van der Waals surface area contributed by atoms with Gasteiger partial charge in [0.25, 0.3) is 5.82 Å². The van der Waals surface area contributed by atoms with E-state index in [1.54, 1.807) is 0 Å². The molecule has 1 aliphatic heterocycles. The SMILES string of the molecule is CC/C=C\c1ccc2c(c1)N(CC)/C(=C\c1n(-c3ccccc3)c3ccc(/C=C\CC)cc3[n+]1CC)N2c1ccccc1. The summed E-state index contributed by atoms with van der Waals surface area (Å²) in [6.45, 7) is 10.6. The van der Waals surface area contributed by atoms with E-state index >= 15 is 0 Å². The Labute approximate surface area is 256 Å². The number of para-hydroxylation sites is 2. The Hall–Kier alpha value is -4.83. The summed E-state index contributed by atoms with van der Waals surface area (Å²) in [5.74, 6) is 2.29. The van der Waals surface area contributed by atoms with Crippen LogP contribution in [-0.4, -0.2) is 11.1 Å². The van der Waals surface area contributed by atoms with Gasteiger partial charge in [-0.05, 0) is 86.3 Å². The van der Waals surface area contributed by atoms with Gasteiger partial charge in [-0.15, -0.1) is 0 Å². The topological polar surface area (TPSA) is 15.3 Å². The Bertz CT molecular complexity index is 1810. The molecule has 6 rings (SSSR count). The molecule has 216 valence electrons. The number of fused-ring (bicyclic) bond motifs is 2. The number of benzene rings is 4. The molecule has 0 aliphatic carbocycles. The monoisotopic (exact) mass is 565 g/mol. The van der Waals surface area contributed by atoms with E-state index in [4.69, 9.17) is 0 Å². The summed E-state index contributed by atoms with van der Waals surface area (Å²) >= 11 is 0. The summed E-state index contributed by atoms with van der Waals surface area (Å²) in [5, 5.41) is 0. The highest BCUT2D eigenvalue weighted by Gasteiger charge is 2.34. The molecule has 4 heteroatoms. The van der Waals surface area contributed by atoms with E-state index in [0.717, 1.165) is 49.0 Å². The molecule has 4 aromatic carbocycles. The van der Waals surface area contributed by atoms with Crippen LogP contribution in [0.5, 0.6) is 0 Å². The zero-order chi connectivity index (χ0) is 29.8. The van der Waals surface area contributed by atoms with E-state index in [-0.39, 0.29) is 0 Å². The second-order valence-corrected chi connectivity index (χ2v) is 10.8. The zero-order valence-corrected chi connectivity index (χ0v) is 25.7. The predicted molar refractivity (Wildman–Crippen MR) is 184 cm³/mol. The van der Waals surface area contributed by atoms with Gasteiger partial charge in [0.15, 0.2) is 11.0 Å². The molecule has 1 aliphatic rings. The fraction of sp³-hybridized carbons (Fsp3) is 0.205. The van der Waals surface area contributed by atoms with Crippen molar-refractivity contribution in [3.8, 4) is 5.69 Å². The van der Waals surface area contributed by atoms with Gasteiger partial charge in [0.2, 0.25) is 0 Å². The molecule has 0 unspecified atom stereocenters. The summed E-state index contributed by atoms with van der Waals surface area (Å²) in [7, 11) is 0. The van der Waals surface area contributed by atoms with Gasteiger partial charge in [0.05, 0.1) is 24.0 Å². The standard InChI is InChI=1S/C39H41N4/c1-5-9-17-30-23-25-34-36(27-30)40(7-3)38(42(34)32-19-13-11-14-20-32)29-39-41(8-4)37-28-31(18-10-6-2)24-26-35(37)43(39)33-21-15-12-16-22-33/h9-29H,5-8H2,1-4H3/q+1/b17-9-,18-10-. The van der Waals surface area contributed by atoms with Crippen molar-refractivity contribution in [2.45, 2.75) is 47.1 Å². The van der Waals surface area contributed by atoms with Crippen molar-refractivity contribution in [2.75, 3.05) is 16.3 Å². The molecule has 43 heavy (non-hydrogen) atoms. The minimum Gasteiger partial charge on any atom is -0.326 e. The second-order valence-electron chi connectivity index (χ2n) is 10.8. The van der Waals surface area contributed by atoms with Gasteiger partial charge in [0.1, 0.15) is 11.5 Å². The maximum Gasteiger partial charge on any atom is 0.291 e. The Morgan fingerprint density at radius 2 is 1.28 bits per heavy atom. The third-order valence-corrected chi connectivity index (χ3v) is 8.09. The number of nitrogens with zero attached hydrogens (tertiary/aromatic N) is 4. The number of aryl methyl sites for hydroxylation is 1. The van der Waals surface area contributed by atoms with E-state index in [0.29, 0.717) is 0 Å². The molecule has 4 nitrogen and oxygen atoms in total. The number of rotatable bonds is 9. The lowest BCUT2D eigenvalue weighted by Gasteiger charge is -2.24. The van der Waals surface area contributed by atoms with E-state index in [1.807, 2.05) is 0 Å². The largest absolute Gasteiger partial charge is 0.326 e. The predicted octanol–water partition coefficient (Wildman–Crippen LogP) is 9.76. The Balaban J connectivity index is 1.64. The molecule has 5 aromatic rings. The first-order valence-corrected chi connectivity index (χ1v) is 15.6. The van der Waals surface area contributed by atoms with Gasteiger partial charge in [0, 0.05) is 12.2 Å². The maximum absolute atomic E-state index is 2.45. The number of anilines is 3. The lowest BCUT2D eigenvalue weighted by atomic mass is 10.1. The highest BCUT2D eigenvalue weighted by molar-refractivity contribution is 5.92. The average molecular weight is 566 g/mol. The van der Waals surface area contributed by atoms with Gasteiger partial charge in [-0.25, -0.2) is 4.57 Å². The van der Waals surface area contributed by atoms with Crippen molar-refractivity contribution < 1.29 is 4.57 Å². The van der Waals surface area contributed by atoms with Crippen molar-refractivity contribution in [3.63, 3.8) is 0 Å². The number of imidazole rings is 1. The summed E-state index contributed by atoms with van der Waals surface area (Å²) in [4.78, 5) is 4.86. The highest BCUT2D eigenvalue weighted by atomic mass is 15.4. The Morgan fingerprint density at radius 3 is 1.91 bits per heavy atom. The van der Waals surface area contributed by atoms with Gasteiger partial charge in [-0.2, -0.15) is 4.57 Å². The molecular formula is C39H41N4+. The normalized spacial score (nSPS) is 14.2. The lowest BCUT2D eigenvalue weighted by molar-refractivity contribution is -0.670. The molecule has 0 atom stereocenters. The van der Waals surface area contributed by atoms with Crippen LogP contribution >= 0.6 is 0 Å². The van der Waals surface area contributed by atoms with E-state index in [9.17, 15) is 0 Å². The third-order valence-electron chi connectivity index (χ3n) is 8.09. The summed E-state index contributed by atoms with van der Waals surface area (Å²) in [6.07, 6.45) is 13.3. The smallest absolute Gasteiger partial charge is 0.291 e. The molecule has 0 radical (unpaired) electrons. The minimum atomic E-state index is 0.854. The quantitative estimate of drug-likeness (QED) is 0.165. The molecule has 0 fully saturated rings. The number of allylic oxidation sites excluding steroid dienone is 2. The van der Waals surface area contributed by atoms with Crippen molar-refractivity contribution in [1.82, 2.24) is 4.57 Å². The first kappa shape index (κ1) is 28.3. The molecule has 0 bridgehead atoms. The molecule has 0 spiro atoms. The fourth-order valence-corrected chi connectivity index (χ4v) is 6.10. The van der Waals surface area contributed by atoms with E-state index in [1.165, 1.54) is 33.5 Å². The Morgan fingerprint density at radius 1 is 0.651 bits per heavy atom. The van der Waals surface area contributed by atoms with Crippen molar-refractivity contribution >= 4 is 46.3 Å². The van der Waals surface area contributed by atoms with Gasteiger partial charge in [-0.1, -0.05) is 86.7 Å². The van der Waals surface area contributed by atoms with Crippen molar-refractivity contribution in [2.24, 2.45) is 0 Å². The van der Waals surface area contributed by atoms with E-state index < -0.39 is 0 Å². The Kier molecular flexibility index (Phi) is 8.28. The van der Waals surface area contributed by atoms with Crippen LogP contribution < -0.4 is 14.4 Å². The van der Waals surface area contributed by atoms with Gasteiger partial charge >= 0.3 is 0 Å². The summed E-state index contributed by atoms with van der Waals surface area (Å²) in [6, 6.07) is 35.1. The number of hydrogen-bond donors (Lipinski definition) is 0. The number of aromatic nitrogens is 2. The lowest BCUT2D eigenvalue weighted by Crippen LogP contribution is -2.36. The zero-order valence-electron chi connectivity index (χ0n) is 25.7. The van der Waals surface area contributed by atoms with Crippen molar-refractivity contribution in [3.05, 3.63) is 132 Å². The molecule has 0 saturated heterocycles. The van der Waals surface area contributed by atoms with Crippen LogP contribution in [0.25, 0.3) is 34.9 Å². The van der Waals surface area contributed by atoms with Crippen LogP contribution in [0.15, 0.2) is 115 Å². The van der Waals surface area contributed by atoms with Crippen LogP contribution in [0.2, 0.25) is 0 Å². The van der Waals surface area contributed by atoms with Gasteiger partial charge < -0.3 is 4.90 Å². The van der Waals surface area contributed by atoms with E-state index in [2.05, 4.69) is 174 Å². The summed E-state index contributed by atoms with van der Waals surface area (Å²) in [5.41, 5.74) is 9.61. The molecule has 0 saturated carbocycles. The molecule has 1 aromatic heterocycles. The van der Waals surface area contributed by atoms with Crippen LogP contribution in [0.3, 0.4) is 0 Å².